The predicted octanol–water partition coefficient (Wildman–Crippen LogP) is 1.79. The Bertz CT molecular complexity index is 849. The highest BCUT2D eigenvalue weighted by atomic mass is 32.2. The number of carbonyl (C=O) groups is 1. The van der Waals surface area contributed by atoms with Gasteiger partial charge in [-0.2, -0.15) is 0 Å². The molecular weight excluding hydrogens is 354 g/mol. The van der Waals surface area contributed by atoms with Gasteiger partial charge in [-0.25, -0.2) is 13.1 Å². The molecule has 2 N–H and O–H groups in total. The molecule has 26 heavy (non-hydrogen) atoms. The van der Waals surface area contributed by atoms with Crippen LogP contribution in [0.15, 0.2) is 53.4 Å². The Balaban J connectivity index is 2.04. The molecule has 0 atom stereocenters. The molecule has 0 saturated carbocycles. The van der Waals surface area contributed by atoms with Gasteiger partial charge in [-0.05, 0) is 50.5 Å². The van der Waals surface area contributed by atoms with E-state index in [-0.39, 0.29) is 10.8 Å². The van der Waals surface area contributed by atoms with E-state index in [1.807, 2.05) is 19.0 Å². The standard InChI is InChI=1S/C18H23N3O4S/c1-21(2)12-11-19-26(23,24)17-9-7-14(8-10-17)18(22)20-15-5-4-6-16(13-15)25-3/h4-10,13,19H,11-12H2,1-3H3,(H,20,22). The van der Waals surface area contributed by atoms with Crippen molar-refractivity contribution >= 4 is 21.6 Å². The van der Waals surface area contributed by atoms with Crippen LogP contribution in [0.1, 0.15) is 10.4 Å². The Morgan fingerprint density at radius 2 is 1.81 bits per heavy atom. The van der Waals surface area contributed by atoms with Crippen molar-refractivity contribution in [3.63, 3.8) is 0 Å². The largest absolute Gasteiger partial charge is 0.497 e. The van der Waals surface area contributed by atoms with E-state index < -0.39 is 10.0 Å². The van der Waals surface area contributed by atoms with Gasteiger partial charge < -0.3 is 15.0 Å². The zero-order valence-electron chi connectivity index (χ0n) is 15.0. The number of anilines is 1. The summed E-state index contributed by atoms with van der Waals surface area (Å²) in [7, 11) is 1.69. The lowest BCUT2D eigenvalue weighted by molar-refractivity contribution is 0.102. The normalized spacial score (nSPS) is 11.4. The topological polar surface area (TPSA) is 87.7 Å². The lowest BCUT2D eigenvalue weighted by atomic mass is 10.2. The summed E-state index contributed by atoms with van der Waals surface area (Å²) in [6, 6.07) is 12.8. The summed E-state index contributed by atoms with van der Waals surface area (Å²) in [4.78, 5) is 14.3. The van der Waals surface area contributed by atoms with Crippen molar-refractivity contribution in [2.75, 3.05) is 39.6 Å². The maximum absolute atomic E-state index is 12.3. The van der Waals surface area contributed by atoms with E-state index in [1.165, 1.54) is 24.3 Å². The molecule has 2 rings (SSSR count). The summed E-state index contributed by atoms with van der Waals surface area (Å²) in [5, 5.41) is 2.75. The monoisotopic (exact) mass is 377 g/mol. The summed E-state index contributed by atoms with van der Waals surface area (Å²) in [6.07, 6.45) is 0. The lowest BCUT2D eigenvalue weighted by Crippen LogP contribution is -2.31. The Morgan fingerprint density at radius 1 is 1.12 bits per heavy atom. The number of sulfonamides is 1. The second kappa shape index (κ2) is 8.79. The fourth-order valence-electron chi connectivity index (χ4n) is 2.18. The molecule has 0 aliphatic heterocycles. The molecular formula is C18H23N3O4S. The molecule has 0 spiro atoms. The smallest absolute Gasteiger partial charge is 0.255 e. The highest BCUT2D eigenvalue weighted by Crippen LogP contribution is 2.18. The van der Waals surface area contributed by atoms with Gasteiger partial charge in [0.25, 0.3) is 5.91 Å². The number of amides is 1. The third-order valence-electron chi connectivity index (χ3n) is 3.61. The number of hydrogen-bond acceptors (Lipinski definition) is 5. The fraction of sp³-hybridized carbons (Fsp3) is 0.278. The van der Waals surface area contributed by atoms with Gasteiger partial charge in [0.2, 0.25) is 10.0 Å². The SMILES string of the molecule is COc1cccc(NC(=O)c2ccc(S(=O)(=O)NCCN(C)C)cc2)c1. The molecule has 140 valence electrons. The van der Waals surface area contributed by atoms with Crippen LogP contribution in [-0.4, -0.2) is 53.5 Å². The molecule has 0 unspecified atom stereocenters. The Kier molecular flexibility index (Phi) is 6.73. The lowest BCUT2D eigenvalue weighted by Gasteiger charge is -2.11. The fourth-order valence-corrected chi connectivity index (χ4v) is 3.20. The van der Waals surface area contributed by atoms with Crippen molar-refractivity contribution in [3.8, 4) is 5.75 Å². The van der Waals surface area contributed by atoms with Crippen molar-refractivity contribution in [2.24, 2.45) is 0 Å². The van der Waals surface area contributed by atoms with E-state index in [1.54, 1.807) is 31.4 Å². The van der Waals surface area contributed by atoms with Crippen molar-refractivity contribution in [1.82, 2.24) is 9.62 Å². The summed E-state index contributed by atoms with van der Waals surface area (Å²) < 4.78 is 32.1. The van der Waals surface area contributed by atoms with E-state index in [9.17, 15) is 13.2 Å². The summed E-state index contributed by atoms with van der Waals surface area (Å²) in [6.45, 7) is 0.910. The Morgan fingerprint density at radius 3 is 2.42 bits per heavy atom. The molecule has 0 aliphatic carbocycles. The van der Waals surface area contributed by atoms with E-state index in [0.29, 0.717) is 30.1 Å². The Labute approximate surface area is 154 Å². The summed E-state index contributed by atoms with van der Waals surface area (Å²) in [5.74, 6) is 0.302. The zero-order chi connectivity index (χ0) is 19.2. The van der Waals surface area contributed by atoms with E-state index >= 15 is 0 Å². The predicted molar refractivity (Wildman–Crippen MR) is 101 cm³/mol. The first-order chi connectivity index (χ1) is 12.3. The molecule has 8 heteroatoms. The number of rotatable bonds is 8. The van der Waals surface area contributed by atoms with Gasteiger partial charge in [0.1, 0.15) is 5.75 Å². The quantitative estimate of drug-likeness (QED) is 0.732. The van der Waals surface area contributed by atoms with Crippen LogP contribution in [-0.2, 0) is 10.0 Å². The molecule has 0 fully saturated rings. The second-order valence-electron chi connectivity index (χ2n) is 5.91. The number of hydrogen-bond donors (Lipinski definition) is 2. The van der Waals surface area contributed by atoms with E-state index in [2.05, 4.69) is 10.0 Å². The van der Waals surface area contributed by atoms with Crippen LogP contribution < -0.4 is 14.8 Å². The van der Waals surface area contributed by atoms with Crippen molar-refractivity contribution in [2.45, 2.75) is 4.90 Å². The molecule has 2 aromatic rings. The van der Waals surface area contributed by atoms with Crippen molar-refractivity contribution < 1.29 is 17.9 Å². The van der Waals surface area contributed by atoms with Crippen molar-refractivity contribution in [3.05, 3.63) is 54.1 Å². The zero-order valence-corrected chi connectivity index (χ0v) is 15.8. The van der Waals surface area contributed by atoms with Crippen LogP contribution in [0, 0.1) is 0 Å². The molecule has 0 aromatic heterocycles. The highest BCUT2D eigenvalue weighted by Gasteiger charge is 2.14. The summed E-state index contributed by atoms with van der Waals surface area (Å²) in [5.41, 5.74) is 0.955. The molecule has 1 amide bonds. The van der Waals surface area contributed by atoms with Crippen LogP contribution in [0.3, 0.4) is 0 Å². The minimum absolute atomic E-state index is 0.120. The second-order valence-corrected chi connectivity index (χ2v) is 7.68. The third kappa shape index (κ3) is 5.55. The van der Waals surface area contributed by atoms with Gasteiger partial charge >= 0.3 is 0 Å². The summed E-state index contributed by atoms with van der Waals surface area (Å²) >= 11 is 0. The number of ether oxygens (including phenoxy) is 1. The van der Waals surface area contributed by atoms with Gasteiger partial charge in [-0.3, -0.25) is 4.79 Å². The van der Waals surface area contributed by atoms with E-state index in [4.69, 9.17) is 4.74 Å². The maximum Gasteiger partial charge on any atom is 0.255 e. The molecule has 0 saturated heterocycles. The van der Waals surface area contributed by atoms with Crippen LogP contribution in [0.5, 0.6) is 5.75 Å². The van der Waals surface area contributed by atoms with E-state index in [0.717, 1.165) is 0 Å². The van der Waals surface area contributed by atoms with Crippen molar-refractivity contribution in [1.29, 1.82) is 0 Å². The number of likely N-dealkylation sites (N-methyl/N-ethyl adjacent to an activating group) is 1. The van der Waals surface area contributed by atoms with Crippen LogP contribution in [0.4, 0.5) is 5.69 Å². The van der Waals surface area contributed by atoms with Gasteiger partial charge in [0.05, 0.1) is 12.0 Å². The highest BCUT2D eigenvalue weighted by molar-refractivity contribution is 7.89. The minimum atomic E-state index is -3.59. The van der Waals surface area contributed by atoms with Crippen LogP contribution >= 0.6 is 0 Å². The van der Waals surface area contributed by atoms with Gasteiger partial charge in [-0.1, -0.05) is 6.07 Å². The van der Waals surface area contributed by atoms with Gasteiger partial charge in [0.15, 0.2) is 0 Å². The number of benzene rings is 2. The van der Waals surface area contributed by atoms with Crippen LogP contribution in [0.2, 0.25) is 0 Å². The molecule has 2 aromatic carbocycles. The van der Waals surface area contributed by atoms with Crippen LogP contribution in [0.25, 0.3) is 0 Å². The molecule has 0 aliphatic rings. The number of methoxy groups -OCH3 is 1. The average Bonchev–Trinajstić information content (AvgIpc) is 2.61. The number of nitrogens with one attached hydrogen (secondary N) is 2. The molecule has 0 heterocycles. The first kappa shape index (κ1) is 19.9. The molecule has 0 radical (unpaired) electrons. The number of nitrogens with zero attached hydrogens (tertiary/aromatic N) is 1. The molecule has 7 nitrogen and oxygen atoms in total. The maximum atomic E-state index is 12.3. The Hall–Kier alpha value is -2.42. The van der Waals surface area contributed by atoms with Gasteiger partial charge in [-0.15, -0.1) is 0 Å². The van der Waals surface area contributed by atoms with Gasteiger partial charge in [0, 0.05) is 30.4 Å². The average molecular weight is 377 g/mol. The minimum Gasteiger partial charge on any atom is -0.497 e. The first-order valence-electron chi connectivity index (χ1n) is 8.02. The molecule has 0 bridgehead atoms. The third-order valence-corrected chi connectivity index (χ3v) is 5.08. The number of carbonyl (C=O) groups excluding carboxylic acids is 1. The first-order valence-corrected chi connectivity index (χ1v) is 9.50.